The average Bonchev–Trinajstić information content (AvgIpc) is 2.87. The molecule has 3 rings (SSSR count). The molecule has 2 aromatic rings. The van der Waals surface area contributed by atoms with Gasteiger partial charge in [-0.2, -0.15) is 13.5 Å². The number of aromatic amines is 1. The first kappa shape index (κ1) is 12.2. The van der Waals surface area contributed by atoms with Crippen LogP contribution in [0.3, 0.4) is 0 Å². The Hall–Kier alpha value is -1.80. The smallest absolute Gasteiger partial charge is 0.295 e. The quantitative estimate of drug-likeness (QED) is 0.735. The molecule has 1 aliphatic rings. The Morgan fingerprint density at radius 3 is 2.95 bits per heavy atom. The van der Waals surface area contributed by atoms with Crippen LogP contribution in [0, 0.1) is 0 Å². The van der Waals surface area contributed by atoms with Crippen LogP contribution in [0.1, 0.15) is 18.6 Å². The Kier molecular flexibility index (Phi) is 3.03. The highest BCUT2D eigenvalue weighted by molar-refractivity contribution is 7.92. The second-order valence-corrected chi connectivity index (χ2v) is 6.08. The lowest BCUT2D eigenvalue weighted by atomic mass is 10.4. The van der Waals surface area contributed by atoms with Gasteiger partial charge in [0.05, 0.1) is 18.4 Å². The Bertz CT molecular complexity index is 643. The summed E-state index contributed by atoms with van der Waals surface area (Å²) < 4.78 is 31.7. The van der Waals surface area contributed by atoms with Gasteiger partial charge in [-0.05, 0) is 25.0 Å². The monoisotopic (exact) mass is 282 g/mol. The topological polar surface area (TPSA) is 100 Å². The average molecular weight is 282 g/mol. The molecule has 0 atom stereocenters. The minimum Gasteiger partial charge on any atom is -0.446 e. The summed E-state index contributed by atoms with van der Waals surface area (Å²) in [4.78, 5) is 0. The van der Waals surface area contributed by atoms with Crippen molar-refractivity contribution in [1.29, 1.82) is 0 Å². The van der Waals surface area contributed by atoms with Crippen LogP contribution in [0.2, 0.25) is 0 Å². The molecule has 0 radical (unpaired) electrons. The van der Waals surface area contributed by atoms with Crippen molar-refractivity contribution in [2.75, 3.05) is 4.72 Å². The molecule has 2 aromatic heterocycles. The fraction of sp³-hybridized carbons (Fsp3) is 0.364. The molecule has 1 saturated carbocycles. The first-order valence-electron chi connectivity index (χ1n) is 5.97. The number of hydrogen-bond donors (Lipinski definition) is 3. The molecule has 0 spiro atoms. The molecule has 3 N–H and O–H groups in total. The van der Waals surface area contributed by atoms with Gasteiger partial charge in [-0.3, -0.25) is 9.82 Å². The Morgan fingerprint density at radius 1 is 1.42 bits per heavy atom. The third kappa shape index (κ3) is 2.96. The van der Waals surface area contributed by atoms with Crippen LogP contribution >= 0.6 is 0 Å². The van der Waals surface area contributed by atoms with Crippen molar-refractivity contribution >= 4 is 15.7 Å². The first-order valence-corrected chi connectivity index (χ1v) is 7.45. The van der Waals surface area contributed by atoms with Crippen LogP contribution in [0.15, 0.2) is 34.0 Å². The number of nitrogens with zero attached hydrogens (tertiary/aromatic N) is 1. The summed E-state index contributed by atoms with van der Waals surface area (Å²) in [5.41, 5.74) is 0.369. The van der Waals surface area contributed by atoms with Gasteiger partial charge in [0.15, 0.2) is 0 Å². The molecular formula is C11H14N4O3S. The van der Waals surface area contributed by atoms with Crippen molar-refractivity contribution in [3.63, 3.8) is 0 Å². The number of sulfonamides is 1. The van der Waals surface area contributed by atoms with Gasteiger partial charge < -0.3 is 9.73 Å². The molecule has 102 valence electrons. The molecule has 19 heavy (non-hydrogen) atoms. The predicted octanol–water partition coefficient (Wildman–Crippen LogP) is 1.06. The Labute approximate surface area is 110 Å². The van der Waals surface area contributed by atoms with Crippen LogP contribution < -0.4 is 10.0 Å². The van der Waals surface area contributed by atoms with E-state index in [0.717, 1.165) is 0 Å². The molecule has 2 heterocycles. The molecule has 0 aliphatic heterocycles. The van der Waals surface area contributed by atoms with Crippen molar-refractivity contribution in [2.45, 2.75) is 30.5 Å². The second-order valence-electron chi connectivity index (χ2n) is 4.47. The number of nitrogens with one attached hydrogen (secondary N) is 3. The van der Waals surface area contributed by atoms with Crippen molar-refractivity contribution in [2.24, 2.45) is 0 Å². The van der Waals surface area contributed by atoms with Gasteiger partial charge in [-0.15, -0.1) is 0 Å². The van der Waals surface area contributed by atoms with E-state index in [9.17, 15) is 8.42 Å². The summed E-state index contributed by atoms with van der Waals surface area (Å²) in [6.07, 6.45) is 5.19. The van der Waals surface area contributed by atoms with Gasteiger partial charge in [0.25, 0.3) is 10.0 Å². The van der Waals surface area contributed by atoms with E-state index >= 15 is 0 Å². The van der Waals surface area contributed by atoms with Crippen LogP contribution in [0.25, 0.3) is 0 Å². The lowest BCUT2D eigenvalue weighted by molar-refractivity contribution is 0.403. The lowest BCUT2D eigenvalue weighted by Gasteiger charge is -2.02. The minimum atomic E-state index is -3.69. The number of aromatic nitrogens is 2. The van der Waals surface area contributed by atoms with Crippen LogP contribution in [-0.4, -0.2) is 24.7 Å². The molecule has 1 fully saturated rings. The number of anilines is 1. The Balaban J connectivity index is 1.69. The molecule has 0 aromatic carbocycles. The normalized spacial score (nSPS) is 15.6. The predicted molar refractivity (Wildman–Crippen MR) is 68.0 cm³/mol. The molecule has 7 nitrogen and oxygen atoms in total. The van der Waals surface area contributed by atoms with Gasteiger partial charge in [0.1, 0.15) is 5.76 Å². The SMILES string of the molecule is O=S(=O)(Nc1cn[nH]c1)c1ccc(CNC2CC2)o1. The summed E-state index contributed by atoms with van der Waals surface area (Å²) in [5, 5.41) is 9.36. The maximum atomic E-state index is 12.0. The van der Waals surface area contributed by atoms with E-state index in [1.54, 1.807) is 6.07 Å². The lowest BCUT2D eigenvalue weighted by Crippen LogP contribution is -2.15. The summed E-state index contributed by atoms with van der Waals surface area (Å²) in [5.74, 6) is 0.611. The van der Waals surface area contributed by atoms with E-state index in [1.165, 1.54) is 31.3 Å². The Morgan fingerprint density at radius 2 is 2.26 bits per heavy atom. The van der Waals surface area contributed by atoms with Gasteiger partial charge in [0, 0.05) is 12.2 Å². The van der Waals surface area contributed by atoms with Crippen LogP contribution in [0.4, 0.5) is 5.69 Å². The van der Waals surface area contributed by atoms with Gasteiger partial charge in [0.2, 0.25) is 5.09 Å². The molecule has 0 unspecified atom stereocenters. The van der Waals surface area contributed by atoms with Crippen LogP contribution in [-0.2, 0) is 16.6 Å². The fourth-order valence-electron chi connectivity index (χ4n) is 1.64. The van der Waals surface area contributed by atoms with Crippen molar-refractivity contribution in [1.82, 2.24) is 15.5 Å². The molecular weight excluding hydrogens is 268 g/mol. The van der Waals surface area contributed by atoms with E-state index in [0.29, 0.717) is 24.0 Å². The zero-order chi connectivity index (χ0) is 13.3. The van der Waals surface area contributed by atoms with Gasteiger partial charge in [-0.25, -0.2) is 0 Å². The summed E-state index contributed by atoms with van der Waals surface area (Å²) in [6.45, 7) is 0.548. The van der Waals surface area contributed by atoms with Gasteiger partial charge in [-0.1, -0.05) is 0 Å². The highest BCUT2D eigenvalue weighted by Gasteiger charge is 2.22. The van der Waals surface area contributed by atoms with E-state index in [1.807, 2.05) is 0 Å². The second kappa shape index (κ2) is 4.71. The van der Waals surface area contributed by atoms with Gasteiger partial charge >= 0.3 is 0 Å². The maximum absolute atomic E-state index is 12.0. The molecule has 0 amide bonds. The van der Waals surface area contributed by atoms with Crippen molar-refractivity contribution in [3.8, 4) is 0 Å². The standard InChI is InChI=1S/C11H14N4O3S/c16-19(17,15-9-5-13-14-6-9)11-4-3-10(18-11)7-12-8-1-2-8/h3-6,8,12,15H,1-2,7H2,(H,13,14). The van der Waals surface area contributed by atoms with Crippen molar-refractivity contribution in [3.05, 3.63) is 30.3 Å². The largest absolute Gasteiger partial charge is 0.446 e. The molecule has 1 aliphatic carbocycles. The van der Waals surface area contributed by atoms with E-state index in [-0.39, 0.29) is 5.09 Å². The molecule has 8 heteroatoms. The minimum absolute atomic E-state index is 0.0960. The highest BCUT2D eigenvalue weighted by atomic mass is 32.2. The zero-order valence-electron chi connectivity index (χ0n) is 10.1. The van der Waals surface area contributed by atoms with E-state index in [2.05, 4.69) is 20.2 Å². The third-order valence-electron chi connectivity index (χ3n) is 2.79. The fourth-order valence-corrected chi connectivity index (χ4v) is 2.63. The summed E-state index contributed by atoms with van der Waals surface area (Å²) >= 11 is 0. The van der Waals surface area contributed by atoms with E-state index < -0.39 is 10.0 Å². The summed E-state index contributed by atoms with van der Waals surface area (Å²) in [7, 11) is -3.69. The molecule has 0 bridgehead atoms. The maximum Gasteiger partial charge on any atom is 0.295 e. The third-order valence-corrected chi connectivity index (χ3v) is 4.05. The number of furan rings is 1. The number of H-pyrrole nitrogens is 1. The molecule has 0 saturated heterocycles. The zero-order valence-corrected chi connectivity index (χ0v) is 10.9. The summed E-state index contributed by atoms with van der Waals surface area (Å²) in [6, 6.07) is 3.67. The van der Waals surface area contributed by atoms with E-state index in [4.69, 9.17) is 4.42 Å². The first-order chi connectivity index (χ1) is 9.13. The number of rotatable bonds is 6. The van der Waals surface area contributed by atoms with Crippen LogP contribution in [0.5, 0.6) is 0 Å². The number of hydrogen-bond acceptors (Lipinski definition) is 5. The van der Waals surface area contributed by atoms with Crippen molar-refractivity contribution < 1.29 is 12.8 Å². The highest BCUT2D eigenvalue weighted by Crippen LogP contribution is 2.21.